The number of alkyl halides is 1. The largest absolute Gasteiger partial charge is 0.444 e. The Morgan fingerprint density at radius 2 is 1.62 bits per heavy atom. The van der Waals surface area contributed by atoms with Gasteiger partial charge in [-0.2, -0.15) is 0 Å². The van der Waals surface area contributed by atoms with Crippen LogP contribution < -0.4 is 0 Å². The van der Waals surface area contributed by atoms with Crippen molar-refractivity contribution in [3.05, 3.63) is 0 Å². The van der Waals surface area contributed by atoms with Gasteiger partial charge in [-0.25, -0.2) is 4.79 Å². The molecule has 21 heavy (non-hydrogen) atoms. The summed E-state index contributed by atoms with van der Waals surface area (Å²) in [5.74, 6) is 1.15. The van der Waals surface area contributed by atoms with E-state index < -0.39 is 5.60 Å². The summed E-state index contributed by atoms with van der Waals surface area (Å²) in [5.41, 5.74) is -0.444. The van der Waals surface area contributed by atoms with Crippen LogP contribution in [0.25, 0.3) is 0 Å². The normalized spacial score (nSPS) is 26.3. The topological polar surface area (TPSA) is 49.9 Å². The molecule has 0 radical (unpaired) electrons. The van der Waals surface area contributed by atoms with E-state index in [1.54, 1.807) is 0 Å². The molecular weight excluding hydrogens is 336 g/mol. The SMILES string of the molecule is CC(C)(C)OC(=O)N1C[C@H]2CCN(C(=O)CBr)CC[C@H]2C1. The minimum Gasteiger partial charge on any atom is -0.444 e. The van der Waals surface area contributed by atoms with Gasteiger partial charge in [0.1, 0.15) is 5.60 Å². The molecule has 120 valence electrons. The standard InChI is InChI=1S/C15H25BrN2O3/c1-15(2,3)21-14(20)18-9-11-4-6-17(13(19)8-16)7-5-12(11)10-18/h11-12H,4-10H2,1-3H3/t11-,12+. The van der Waals surface area contributed by atoms with Gasteiger partial charge in [0.05, 0.1) is 5.33 Å². The Labute approximate surface area is 135 Å². The summed E-state index contributed by atoms with van der Waals surface area (Å²) < 4.78 is 5.45. The number of hydrogen-bond acceptors (Lipinski definition) is 3. The average molecular weight is 361 g/mol. The summed E-state index contributed by atoms with van der Waals surface area (Å²) in [7, 11) is 0. The first kappa shape index (κ1) is 16.6. The Balaban J connectivity index is 1.89. The van der Waals surface area contributed by atoms with Crippen LogP contribution in [0, 0.1) is 11.8 Å². The van der Waals surface area contributed by atoms with Gasteiger partial charge >= 0.3 is 6.09 Å². The predicted octanol–water partition coefficient (Wildman–Crippen LogP) is 2.49. The van der Waals surface area contributed by atoms with Gasteiger partial charge in [0, 0.05) is 26.2 Å². The minimum absolute atomic E-state index is 0.166. The smallest absolute Gasteiger partial charge is 0.410 e. The second kappa shape index (κ2) is 6.55. The van der Waals surface area contributed by atoms with E-state index in [4.69, 9.17) is 4.74 Å². The number of carbonyl (C=O) groups is 2. The van der Waals surface area contributed by atoms with E-state index >= 15 is 0 Å². The van der Waals surface area contributed by atoms with E-state index in [-0.39, 0.29) is 12.0 Å². The third kappa shape index (κ3) is 4.34. The summed E-state index contributed by atoms with van der Waals surface area (Å²) in [6, 6.07) is 0. The molecule has 0 aliphatic carbocycles. The van der Waals surface area contributed by atoms with Crippen LogP contribution in [-0.2, 0) is 9.53 Å². The first-order valence-electron chi connectivity index (χ1n) is 7.62. The Morgan fingerprint density at radius 3 is 2.05 bits per heavy atom. The lowest BCUT2D eigenvalue weighted by Crippen LogP contribution is -2.37. The maximum atomic E-state index is 12.1. The molecule has 2 amide bonds. The lowest BCUT2D eigenvalue weighted by Gasteiger charge is -2.25. The van der Waals surface area contributed by atoms with Crippen molar-refractivity contribution < 1.29 is 14.3 Å². The van der Waals surface area contributed by atoms with E-state index in [0.717, 1.165) is 39.0 Å². The molecule has 0 N–H and O–H groups in total. The van der Waals surface area contributed by atoms with Crippen molar-refractivity contribution >= 4 is 27.9 Å². The number of fused-ring (bicyclic) bond motifs is 1. The molecule has 2 fully saturated rings. The van der Waals surface area contributed by atoms with Crippen molar-refractivity contribution in [1.82, 2.24) is 9.80 Å². The Morgan fingerprint density at radius 1 is 1.10 bits per heavy atom. The molecule has 0 aromatic rings. The molecule has 6 heteroatoms. The van der Waals surface area contributed by atoms with Crippen LogP contribution in [0.1, 0.15) is 33.6 Å². The van der Waals surface area contributed by atoms with Crippen molar-refractivity contribution in [2.75, 3.05) is 31.5 Å². The molecule has 0 aromatic heterocycles. The zero-order chi connectivity index (χ0) is 15.6. The third-order valence-corrected chi connectivity index (χ3v) is 4.71. The molecule has 2 rings (SSSR count). The van der Waals surface area contributed by atoms with Crippen molar-refractivity contribution in [3.63, 3.8) is 0 Å². The number of likely N-dealkylation sites (tertiary alicyclic amines) is 2. The van der Waals surface area contributed by atoms with Gasteiger partial charge in [0.15, 0.2) is 0 Å². The zero-order valence-electron chi connectivity index (χ0n) is 13.1. The number of amides is 2. The third-order valence-electron chi connectivity index (χ3n) is 4.23. The van der Waals surface area contributed by atoms with Crippen LogP contribution in [0.15, 0.2) is 0 Å². The fraction of sp³-hybridized carbons (Fsp3) is 0.867. The Hall–Kier alpha value is -0.780. The summed E-state index contributed by atoms with van der Waals surface area (Å²) >= 11 is 3.23. The molecule has 0 unspecified atom stereocenters. The van der Waals surface area contributed by atoms with E-state index in [9.17, 15) is 9.59 Å². The van der Waals surface area contributed by atoms with Gasteiger partial charge in [-0.05, 0) is 45.4 Å². The minimum atomic E-state index is -0.444. The lowest BCUT2D eigenvalue weighted by molar-refractivity contribution is -0.128. The molecule has 2 atom stereocenters. The molecule has 2 aliphatic rings. The van der Waals surface area contributed by atoms with E-state index in [1.165, 1.54) is 0 Å². The van der Waals surface area contributed by atoms with E-state index in [1.807, 2.05) is 30.6 Å². The van der Waals surface area contributed by atoms with Crippen molar-refractivity contribution in [1.29, 1.82) is 0 Å². The monoisotopic (exact) mass is 360 g/mol. The molecule has 2 heterocycles. The summed E-state index contributed by atoms with van der Waals surface area (Å²) in [6.45, 7) is 8.79. The number of nitrogens with zero attached hydrogens (tertiary/aromatic N) is 2. The molecule has 0 spiro atoms. The summed E-state index contributed by atoms with van der Waals surface area (Å²) in [4.78, 5) is 27.7. The summed E-state index contributed by atoms with van der Waals surface area (Å²) in [6.07, 6.45) is 1.75. The number of hydrogen-bond donors (Lipinski definition) is 0. The molecule has 2 saturated heterocycles. The Bertz CT molecular complexity index is 392. The number of ether oxygens (including phenoxy) is 1. The number of halogens is 1. The van der Waals surface area contributed by atoms with Gasteiger partial charge in [-0.15, -0.1) is 0 Å². The molecule has 0 saturated carbocycles. The molecule has 5 nitrogen and oxygen atoms in total. The fourth-order valence-electron chi connectivity index (χ4n) is 3.16. The lowest BCUT2D eigenvalue weighted by atomic mass is 9.92. The highest BCUT2D eigenvalue weighted by atomic mass is 79.9. The Kier molecular flexibility index (Phi) is 5.17. The maximum Gasteiger partial charge on any atom is 0.410 e. The first-order chi connectivity index (χ1) is 9.80. The zero-order valence-corrected chi connectivity index (χ0v) is 14.7. The van der Waals surface area contributed by atoms with Crippen LogP contribution in [0.5, 0.6) is 0 Å². The number of carbonyl (C=O) groups excluding carboxylic acids is 2. The van der Waals surface area contributed by atoms with Crippen LogP contribution >= 0.6 is 15.9 Å². The molecule has 0 aromatic carbocycles. The van der Waals surface area contributed by atoms with Crippen LogP contribution in [0.2, 0.25) is 0 Å². The van der Waals surface area contributed by atoms with Gasteiger partial charge in [-0.3, -0.25) is 4.79 Å². The highest BCUT2D eigenvalue weighted by molar-refractivity contribution is 9.09. The second-order valence-electron chi connectivity index (χ2n) is 7.00. The van der Waals surface area contributed by atoms with Gasteiger partial charge in [-0.1, -0.05) is 15.9 Å². The van der Waals surface area contributed by atoms with Gasteiger partial charge in [0.2, 0.25) is 5.91 Å². The predicted molar refractivity (Wildman–Crippen MR) is 84.4 cm³/mol. The molecule has 0 bridgehead atoms. The van der Waals surface area contributed by atoms with Crippen LogP contribution in [0.3, 0.4) is 0 Å². The van der Waals surface area contributed by atoms with Gasteiger partial charge < -0.3 is 14.5 Å². The van der Waals surface area contributed by atoms with E-state index in [2.05, 4.69) is 15.9 Å². The number of rotatable bonds is 1. The highest BCUT2D eigenvalue weighted by Crippen LogP contribution is 2.32. The maximum absolute atomic E-state index is 12.1. The first-order valence-corrected chi connectivity index (χ1v) is 8.74. The summed E-state index contributed by atoms with van der Waals surface area (Å²) in [5, 5.41) is 0.395. The van der Waals surface area contributed by atoms with Crippen molar-refractivity contribution in [3.8, 4) is 0 Å². The average Bonchev–Trinajstić information content (AvgIpc) is 2.70. The van der Waals surface area contributed by atoms with Crippen LogP contribution in [-0.4, -0.2) is 58.9 Å². The highest BCUT2D eigenvalue weighted by Gasteiger charge is 2.38. The second-order valence-corrected chi connectivity index (χ2v) is 7.56. The van der Waals surface area contributed by atoms with E-state index in [0.29, 0.717) is 17.2 Å². The van der Waals surface area contributed by atoms with Crippen molar-refractivity contribution in [2.45, 2.75) is 39.2 Å². The fourth-order valence-corrected chi connectivity index (χ4v) is 3.51. The molecular formula is C15H25BrN2O3. The quantitative estimate of drug-likeness (QED) is 0.675. The van der Waals surface area contributed by atoms with Crippen molar-refractivity contribution in [2.24, 2.45) is 11.8 Å². The van der Waals surface area contributed by atoms with Crippen LogP contribution in [0.4, 0.5) is 4.79 Å². The van der Waals surface area contributed by atoms with Gasteiger partial charge in [0.25, 0.3) is 0 Å². The molecule has 2 aliphatic heterocycles.